The Morgan fingerprint density at radius 1 is 1.06 bits per heavy atom. The molecule has 0 radical (unpaired) electrons. The van der Waals surface area contributed by atoms with E-state index in [1.54, 1.807) is 41.7 Å². The molecule has 9 nitrogen and oxygen atoms in total. The van der Waals surface area contributed by atoms with Crippen LogP contribution in [-0.2, 0) is 31.6 Å². The number of nitrogens with one attached hydrogen (secondary N) is 1. The summed E-state index contributed by atoms with van der Waals surface area (Å²) in [6.07, 6.45) is 2.19. The van der Waals surface area contributed by atoms with Gasteiger partial charge in [0.15, 0.2) is 0 Å². The van der Waals surface area contributed by atoms with Gasteiger partial charge in [0.2, 0.25) is 15.9 Å². The molecule has 0 bridgehead atoms. The van der Waals surface area contributed by atoms with Gasteiger partial charge in [-0.05, 0) is 42.8 Å². The summed E-state index contributed by atoms with van der Waals surface area (Å²) in [5, 5.41) is 4.78. The number of aryl methyl sites for hydroxylation is 1. The average molecular weight is 489 g/mol. The van der Waals surface area contributed by atoms with E-state index in [1.807, 2.05) is 11.4 Å². The molecule has 5 rings (SSSR count). The molecular weight excluding hydrogens is 464 g/mol. The zero-order valence-electron chi connectivity index (χ0n) is 17.9. The SMILES string of the molecule is O=C(CN1C(=O)NC2(CCCc3sccc32)C1=O)N1CCN(S(=O)(=O)c2ccccc2)CC1. The molecular formula is C22H24N4O5S2. The Kier molecular flexibility index (Phi) is 5.50. The van der Waals surface area contributed by atoms with Crippen LogP contribution in [0.2, 0.25) is 0 Å². The Labute approximate surface area is 196 Å². The Balaban J connectivity index is 1.24. The van der Waals surface area contributed by atoms with Crippen LogP contribution in [0.1, 0.15) is 23.3 Å². The van der Waals surface area contributed by atoms with Gasteiger partial charge in [-0.2, -0.15) is 4.31 Å². The highest BCUT2D eigenvalue weighted by atomic mass is 32.2. The van der Waals surface area contributed by atoms with E-state index in [0.29, 0.717) is 6.42 Å². The van der Waals surface area contributed by atoms with Crippen molar-refractivity contribution in [3.05, 3.63) is 52.2 Å². The van der Waals surface area contributed by atoms with E-state index in [0.717, 1.165) is 28.2 Å². The van der Waals surface area contributed by atoms with Crippen LogP contribution in [0.4, 0.5) is 4.79 Å². The third-order valence-electron chi connectivity index (χ3n) is 6.60. The van der Waals surface area contributed by atoms with Crippen LogP contribution in [-0.4, -0.2) is 73.1 Å². The summed E-state index contributed by atoms with van der Waals surface area (Å²) in [4.78, 5) is 42.7. The second-order valence-electron chi connectivity index (χ2n) is 8.44. The Morgan fingerprint density at radius 3 is 2.52 bits per heavy atom. The van der Waals surface area contributed by atoms with Gasteiger partial charge in [0, 0.05) is 36.6 Å². The van der Waals surface area contributed by atoms with E-state index in [1.165, 1.54) is 9.21 Å². The minimum Gasteiger partial charge on any atom is -0.338 e. The van der Waals surface area contributed by atoms with Crippen molar-refractivity contribution in [3.8, 4) is 0 Å². The maximum atomic E-state index is 13.3. The summed E-state index contributed by atoms with van der Waals surface area (Å²) >= 11 is 1.58. The highest BCUT2D eigenvalue weighted by molar-refractivity contribution is 7.89. The van der Waals surface area contributed by atoms with Crippen molar-refractivity contribution in [3.63, 3.8) is 0 Å². The van der Waals surface area contributed by atoms with Crippen LogP contribution < -0.4 is 5.32 Å². The Morgan fingerprint density at radius 2 is 1.79 bits per heavy atom. The average Bonchev–Trinajstić information content (AvgIpc) is 3.40. The van der Waals surface area contributed by atoms with Crippen molar-refractivity contribution >= 4 is 39.2 Å². The third-order valence-corrected chi connectivity index (χ3v) is 9.50. The van der Waals surface area contributed by atoms with Crippen LogP contribution in [0, 0.1) is 0 Å². The van der Waals surface area contributed by atoms with Crippen molar-refractivity contribution in [1.82, 2.24) is 19.4 Å². The number of benzene rings is 1. The van der Waals surface area contributed by atoms with Crippen LogP contribution in [0.3, 0.4) is 0 Å². The highest BCUT2D eigenvalue weighted by Crippen LogP contribution is 2.42. The van der Waals surface area contributed by atoms with E-state index >= 15 is 0 Å². The molecule has 2 aromatic rings. The Hall–Kier alpha value is -2.76. The predicted octanol–water partition coefficient (Wildman–Crippen LogP) is 1.36. The minimum atomic E-state index is -3.62. The topological polar surface area (TPSA) is 107 Å². The number of piperazine rings is 1. The van der Waals surface area contributed by atoms with Crippen molar-refractivity contribution < 1.29 is 22.8 Å². The molecule has 1 aromatic carbocycles. The quantitative estimate of drug-likeness (QED) is 0.654. The van der Waals surface area contributed by atoms with Gasteiger partial charge >= 0.3 is 6.03 Å². The van der Waals surface area contributed by atoms with Gasteiger partial charge in [-0.1, -0.05) is 18.2 Å². The lowest BCUT2D eigenvalue weighted by Gasteiger charge is -2.34. The number of carbonyl (C=O) groups excluding carboxylic acids is 3. The molecule has 2 saturated heterocycles. The zero-order valence-corrected chi connectivity index (χ0v) is 19.5. The zero-order chi connectivity index (χ0) is 23.2. The second kappa shape index (κ2) is 8.23. The highest BCUT2D eigenvalue weighted by Gasteiger charge is 2.54. The van der Waals surface area contributed by atoms with E-state index in [9.17, 15) is 22.8 Å². The molecule has 3 heterocycles. The molecule has 11 heteroatoms. The number of fused-ring (bicyclic) bond motifs is 2. The molecule has 1 unspecified atom stereocenters. The van der Waals surface area contributed by atoms with E-state index in [4.69, 9.17) is 0 Å². The lowest BCUT2D eigenvalue weighted by Crippen LogP contribution is -2.53. The van der Waals surface area contributed by atoms with Gasteiger partial charge in [-0.3, -0.25) is 14.5 Å². The fraction of sp³-hybridized carbons (Fsp3) is 0.409. The summed E-state index contributed by atoms with van der Waals surface area (Å²) in [5.41, 5.74) is -0.236. The normalized spacial score (nSPS) is 23.6. The van der Waals surface area contributed by atoms with Gasteiger partial charge in [0.05, 0.1) is 4.90 Å². The van der Waals surface area contributed by atoms with Crippen molar-refractivity contribution in [2.24, 2.45) is 0 Å². The molecule has 1 N–H and O–H groups in total. The fourth-order valence-corrected chi connectivity index (χ4v) is 7.28. The predicted molar refractivity (Wildman–Crippen MR) is 121 cm³/mol. The number of urea groups is 1. The summed E-state index contributed by atoms with van der Waals surface area (Å²) in [7, 11) is -3.62. The second-order valence-corrected chi connectivity index (χ2v) is 11.4. The number of sulfonamides is 1. The largest absolute Gasteiger partial charge is 0.338 e. The molecule has 1 atom stereocenters. The van der Waals surface area contributed by atoms with Crippen molar-refractivity contribution in [1.29, 1.82) is 0 Å². The Bertz CT molecular complexity index is 1200. The smallest absolute Gasteiger partial charge is 0.325 e. The maximum absolute atomic E-state index is 13.3. The first kappa shape index (κ1) is 22.1. The molecule has 2 fully saturated rings. The van der Waals surface area contributed by atoms with Gasteiger partial charge in [0.25, 0.3) is 5.91 Å². The molecule has 1 aliphatic carbocycles. The number of thiophene rings is 1. The summed E-state index contributed by atoms with van der Waals surface area (Å²) in [6.45, 7) is 0.372. The first-order chi connectivity index (χ1) is 15.8. The number of carbonyl (C=O) groups is 3. The van der Waals surface area contributed by atoms with Crippen molar-refractivity contribution in [2.75, 3.05) is 32.7 Å². The molecule has 33 heavy (non-hydrogen) atoms. The molecule has 0 saturated carbocycles. The number of amides is 4. The van der Waals surface area contributed by atoms with E-state index < -0.39 is 21.6 Å². The molecule has 2 aliphatic heterocycles. The molecule has 3 aliphatic rings. The number of hydrogen-bond donors (Lipinski definition) is 1. The first-order valence-electron chi connectivity index (χ1n) is 10.9. The number of nitrogens with zero attached hydrogens (tertiary/aromatic N) is 3. The lowest BCUT2D eigenvalue weighted by molar-refractivity contribution is -0.140. The fourth-order valence-electron chi connectivity index (χ4n) is 4.84. The molecule has 1 aromatic heterocycles. The summed E-state index contributed by atoms with van der Waals surface area (Å²) < 4.78 is 26.9. The number of rotatable bonds is 4. The summed E-state index contributed by atoms with van der Waals surface area (Å²) in [6, 6.07) is 9.51. The molecule has 4 amide bonds. The van der Waals surface area contributed by atoms with Gasteiger partial charge in [-0.25, -0.2) is 13.2 Å². The number of hydrogen-bond acceptors (Lipinski definition) is 6. The summed E-state index contributed by atoms with van der Waals surface area (Å²) in [5.74, 6) is -0.751. The third kappa shape index (κ3) is 3.64. The first-order valence-corrected chi connectivity index (χ1v) is 13.2. The standard InChI is InChI=1S/C22H24N4O5S2/c27-19(24-10-12-25(13-11-24)33(30,31)16-5-2-1-3-6-16)15-26-20(28)22(23-21(26)29)9-4-7-18-17(22)8-14-32-18/h1-3,5-6,8,14H,4,7,9-13,15H2,(H,23,29). The van der Waals surface area contributed by atoms with E-state index in [-0.39, 0.29) is 49.4 Å². The maximum Gasteiger partial charge on any atom is 0.325 e. The van der Waals surface area contributed by atoms with Crippen LogP contribution >= 0.6 is 11.3 Å². The van der Waals surface area contributed by atoms with Gasteiger partial charge < -0.3 is 10.2 Å². The van der Waals surface area contributed by atoms with Crippen molar-refractivity contribution in [2.45, 2.75) is 29.7 Å². The van der Waals surface area contributed by atoms with Gasteiger partial charge in [0.1, 0.15) is 12.1 Å². The lowest BCUT2D eigenvalue weighted by atomic mass is 9.80. The molecule has 174 valence electrons. The van der Waals surface area contributed by atoms with Crippen LogP contribution in [0.5, 0.6) is 0 Å². The number of imide groups is 1. The van der Waals surface area contributed by atoms with Gasteiger partial charge in [-0.15, -0.1) is 11.3 Å². The monoisotopic (exact) mass is 488 g/mol. The van der Waals surface area contributed by atoms with Crippen LogP contribution in [0.25, 0.3) is 0 Å². The van der Waals surface area contributed by atoms with Crippen LogP contribution in [0.15, 0.2) is 46.7 Å². The minimum absolute atomic E-state index is 0.158. The van der Waals surface area contributed by atoms with E-state index in [2.05, 4.69) is 5.32 Å². The molecule has 1 spiro atoms.